The number of nitrogens with zero attached hydrogens (tertiary/aromatic N) is 3. The molecule has 4 nitrogen and oxygen atoms in total. The zero-order valence-electron chi connectivity index (χ0n) is 16.6. The number of piperazine rings is 1. The molecule has 2 aromatic rings. The standard InChI is InChI=1S/C24H26FN3O/c25-19-7-5-18(6-8-19)22-20-4-2-1-3-17(20)10-13-28(22)23(29)27-16-15-26-14-12-24(26)11-9-21(24)27/h1-8,21-22H,9-16H2/t21?,22-,24?/m0/s1. The van der Waals surface area contributed by atoms with Gasteiger partial charge in [0.2, 0.25) is 0 Å². The Balaban J connectivity index is 1.36. The van der Waals surface area contributed by atoms with Gasteiger partial charge in [-0.05, 0) is 54.5 Å². The van der Waals surface area contributed by atoms with Crippen molar-refractivity contribution in [2.45, 2.75) is 43.3 Å². The van der Waals surface area contributed by atoms with Crippen molar-refractivity contribution in [3.8, 4) is 0 Å². The van der Waals surface area contributed by atoms with Gasteiger partial charge in [0, 0.05) is 31.7 Å². The highest BCUT2D eigenvalue weighted by Crippen LogP contribution is 2.52. The molecule has 3 aliphatic heterocycles. The molecule has 0 radical (unpaired) electrons. The molecule has 1 saturated carbocycles. The van der Waals surface area contributed by atoms with Gasteiger partial charge in [-0.1, -0.05) is 36.4 Å². The van der Waals surface area contributed by atoms with Crippen LogP contribution in [0.15, 0.2) is 48.5 Å². The molecule has 0 N–H and O–H groups in total. The SMILES string of the molecule is O=C(N1CCN2CCC23CCC13)N1CCc2ccccc2[C@@H]1c1ccc(F)cc1. The van der Waals surface area contributed by atoms with Crippen molar-refractivity contribution in [3.63, 3.8) is 0 Å². The minimum atomic E-state index is -0.242. The Morgan fingerprint density at radius 2 is 1.76 bits per heavy atom. The van der Waals surface area contributed by atoms with Crippen molar-refractivity contribution in [1.29, 1.82) is 0 Å². The number of carbonyl (C=O) groups excluding carboxylic acids is 1. The van der Waals surface area contributed by atoms with Crippen LogP contribution >= 0.6 is 0 Å². The quantitative estimate of drug-likeness (QED) is 0.739. The van der Waals surface area contributed by atoms with E-state index in [1.54, 1.807) is 0 Å². The van der Waals surface area contributed by atoms with Crippen molar-refractivity contribution in [3.05, 3.63) is 71.0 Å². The number of carbonyl (C=O) groups is 1. The van der Waals surface area contributed by atoms with Gasteiger partial charge in [-0.2, -0.15) is 0 Å². The third kappa shape index (κ3) is 2.43. The normalized spacial score (nSPS) is 30.5. The van der Waals surface area contributed by atoms with E-state index in [0.29, 0.717) is 12.6 Å². The van der Waals surface area contributed by atoms with Gasteiger partial charge < -0.3 is 9.80 Å². The van der Waals surface area contributed by atoms with Gasteiger partial charge in [0.25, 0.3) is 0 Å². The second kappa shape index (κ2) is 6.30. The first-order chi connectivity index (χ1) is 14.2. The summed E-state index contributed by atoms with van der Waals surface area (Å²) in [6.45, 7) is 3.71. The van der Waals surface area contributed by atoms with E-state index in [4.69, 9.17) is 0 Å². The van der Waals surface area contributed by atoms with Gasteiger partial charge in [-0.15, -0.1) is 0 Å². The van der Waals surface area contributed by atoms with Gasteiger partial charge >= 0.3 is 6.03 Å². The smallest absolute Gasteiger partial charge is 0.318 e. The topological polar surface area (TPSA) is 26.8 Å². The van der Waals surface area contributed by atoms with Crippen LogP contribution in [0.2, 0.25) is 0 Å². The minimum Gasteiger partial charge on any atom is -0.318 e. The molecule has 1 aliphatic carbocycles. The molecule has 2 aromatic carbocycles. The van der Waals surface area contributed by atoms with Crippen molar-refractivity contribution in [2.24, 2.45) is 0 Å². The fraction of sp³-hybridized carbons (Fsp3) is 0.458. The maximum atomic E-state index is 13.8. The average molecular weight is 391 g/mol. The average Bonchev–Trinajstić information content (AvgIpc) is 2.70. The molecule has 2 unspecified atom stereocenters. The van der Waals surface area contributed by atoms with Crippen molar-refractivity contribution in [2.75, 3.05) is 26.2 Å². The molecule has 150 valence electrons. The number of fused-ring (bicyclic) bond motifs is 1. The fourth-order valence-corrected chi connectivity index (χ4v) is 6.16. The van der Waals surface area contributed by atoms with Crippen molar-refractivity contribution in [1.82, 2.24) is 14.7 Å². The van der Waals surface area contributed by atoms with E-state index in [0.717, 1.165) is 31.5 Å². The molecule has 3 heterocycles. The second-order valence-corrected chi connectivity index (χ2v) is 8.97. The van der Waals surface area contributed by atoms with E-state index in [1.807, 2.05) is 23.1 Å². The predicted octanol–water partition coefficient (Wildman–Crippen LogP) is 3.82. The van der Waals surface area contributed by atoms with Crippen LogP contribution in [0.4, 0.5) is 9.18 Å². The first-order valence-electron chi connectivity index (χ1n) is 10.8. The summed E-state index contributed by atoms with van der Waals surface area (Å²) in [4.78, 5) is 20.6. The zero-order chi connectivity index (χ0) is 19.6. The van der Waals surface area contributed by atoms with Crippen LogP contribution < -0.4 is 0 Å². The molecular weight excluding hydrogens is 365 g/mol. The lowest BCUT2D eigenvalue weighted by atomic mass is 9.62. The molecule has 4 aliphatic rings. The molecule has 2 amide bonds. The van der Waals surface area contributed by atoms with Crippen LogP contribution in [-0.2, 0) is 6.42 Å². The zero-order valence-corrected chi connectivity index (χ0v) is 16.6. The van der Waals surface area contributed by atoms with Gasteiger partial charge in [0.1, 0.15) is 5.82 Å². The van der Waals surface area contributed by atoms with Gasteiger partial charge in [-0.25, -0.2) is 9.18 Å². The Labute approximate surface area is 170 Å². The van der Waals surface area contributed by atoms with Crippen LogP contribution in [0.25, 0.3) is 0 Å². The summed E-state index contributed by atoms with van der Waals surface area (Å²) in [6, 6.07) is 15.4. The summed E-state index contributed by atoms with van der Waals surface area (Å²) < 4.78 is 13.6. The monoisotopic (exact) mass is 391 g/mol. The number of urea groups is 1. The Morgan fingerprint density at radius 1 is 0.931 bits per heavy atom. The number of halogens is 1. The van der Waals surface area contributed by atoms with E-state index < -0.39 is 0 Å². The molecule has 0 bridgehead atoms. The third-order valence-corrected chi connectivity index (χ3v) is 7.86. The number of hydrogen-bond donors (Lipinski definition) is 0. The molecule has 3 atom stereocenters. The number of rotatable bonds is 1. The van der Waals surface area contributed by atoms with Gasteiger partial charge in [-0.3, -0.25) is 4.90 Å². The highest BCUT2D eigenvalue weighted by atomic mass is 19.1. The first-order valence-corrected chi connectivity index (χ1v) is 10.8. The highest BCUT2D eigenvalue weighted by molar-refractivity contribution is 5.77. The van der Waals surface area contributed by atoms with E-state index >= 15 is 0 Å². The highest BCUT2D eigenvalue weighted by Gasteiger charge is 2.61. The Hall–Kier alpha value is -2.40. The van der Waals surface area contributed by atoms with Crippen LogP contribution in [0.3, 0.4) is 0 Å². The summed E-state index contributed by atoms with van der Waals surface area (Å²) in [5.74, 6) is -0.242. The lowest BCUT2D eigenvalue weighted by Gasteiger charge is -2.69. The fourth-order valence-electron chi connectivity index (χ4n) is 6.16. The molecule has 2 saturated heterocycles. The van der Waals surface area contributed by atoms with E-state index in [9.17, 15) is 9.18 Å². The number of amides is 2. The molecule has 3 fully saturated rings. The number of benzene rings is 2. The van der Waals surface area contributed by atoms with Crippen molar-refractivity contribution >= 4 is 6.03 Å². The Bertz CT molecular complexity index is 957. The maximum absolute atomic E-state index is 13.8. The van der Waals surface area contributed by atoms with Gasteiger partial charge in [0.15, 0.2) is 0 Å². The molecule has 0 aromatic heterocycles. The molecule has 6 rings (SSSR count). The Morgan fingerprint density at radius 3 is 2.48 bits per heavy atom. The van der Waals surface area contributed by atoms with Crippen LogP contribution in [0.5, 0.6) is 0 Å². The summed E-state index contributed by atoms with van der Waals surface area (Å²) in [7, 11) is 0. The lowest BCUT2D eigenvalue weighted by Crippen LogP contribution is -2.80. The molecule has 29 heavy (non-hydrogen) atoms. The maximum Gasteiger partial charge on any atom is 0.321 e. The lowest BCUT2D eigenvalue weighted by molar-refractivity contribution is -0.162. The van der Waals surface area contributed by atoms with Crippen LogP contribution in [0, 0.1) is 5.82 Å². The third-order valence-electron chi connectivity index (χ3n) is 7.86. The minimum absolute atomic E-state index is 0.150. The second-order valence-electron chi connectivity index (χ2n) is 8.97. The van der Waals surface area contributed by atoms with E-state index in [-0.39, 0.29) is 23.4 Å². The number of hydrogen-bond acceptors (Lipinski definition) is 2. The molecular formula is C24H26FN3O. The summed E-state index contributed by atoms with van der Waals surface area (Å²) >= 11 is 0. The van der Waals surface area contributed by atoms with Crippen LogP contribution in [0.1, 0.15) is 42.0 Å². The van der Waals surface area contributed by atoms with Gasteiger partial charge in [0.05, 0.1) is 12.1 Å². The summed E-state index contributed by atoms with van der Waals surface area (Å²) in [5, 5.41) is 0. The van der Waals surface area contributed by atoms with E-state index in [1.165, 1.54) is 42.6 Å². The van der Waals surface area contributed by atoms with E-state index in [2.05, 4.69) is 28.0 Å². The van der Waals surface area contributed by atoms with Crippen molar-refractivity contribution < 1.29 is 9.18 Å². The first kappa shape index (κ1) is 17.5. The predicted molar refractivity (Wildman–Crippen MR) is 109 cm³/mol. The summed E-state index contributed by atoms with van der Waals surface area (Å²) in [6.07, 6.45) is 4.45. The summed E-state index contributed by atoms with van der Waals surface area (Å²) in [5.41, 5.74) is 3.71. The van der Waals surface area contributed by atoms with Crippen LogP contribution in [-0.4, -0.2) is 58.5 Å². The largest absolute Gasteiger partial charge is 0.321 e. The Kier molecular flexibility index (Phi) is 3.79. The molecule has 5 heteroatoms. The molecule has 1 spiro atoms.